The standard InChI is InChI=1S/C14H21NO2/c1-3-13(15-9-10(2)16)11-4-5-14-12(8-11)6-7-17-14/h4-5,8,10,13,15-16H,3,6-7,9H2,1-2H3. The molecule has 2 N–H and O–H groups in total. The zero-order chi connectivity index (χ0) is 12.3. The number of aliphatic hydroxyl groups is 1. The van der Waals surface area contributed by atoms with E-state index in [0.717, 1.165) is 25.2 Å². The van der Waals surface area contributed by atoms with Gasteiger partial charge in [-0.15, -0.1) is 0 Å². The largest absolute Gasteiger partial charge is 0.493 e. The summed E-state index contributed by atoms with van der Waals surface area (Å²) in [5, 5.41) is 12.7. The van der Waals surface area contributed by atoms with Gasteiger partial charge in [-0.1, -0.05) is 19.1 Å². The molecular weight excluding hydrogens is 214 g/mol. The van der Waals surface area contributed by atoms with Gasteiger partial charge in [-0.2, -0.15) is 0 Å². The van der Waals surface area contributed by atoms with Crippen LogP contribution in [0.15, 0.2) is 18.2 Å². The molecule has 17 heavy (non-hydrogen) atoms. The Morgan fingerprint density at radius 1 is 1.47 bits per heavy atom. The van der Waals surface area contributed by atoms with Gasteiger partial charge in [0, 0.05) is 19.0 Å². The fourth-order valence-corrected chi connectivity index (χ4v) is 2.23. The molecule has 1 aliphatic heterocycles. The Hall–Kier alpha value is -1.06. The quantitative estimate of drug-likeness (QED) is 0.820. The van der Waals surface area contributed by atoms with Crippen LogP contribution in [0.1, 0.15) is 37.4 Å². The highest BCUT2D eigenvalue weighted by atomic mass is 16.5. The maximum atomic E-state index is 9.32. The molecule has 2 atom stereocenters. The lowest BCUT2D eigenvalue weighted by Gasteiger charge is -2.19. The summed E-state index contributed by atoms with van der Waals surface area (Å²) >= 11 is 0. The van der Waals surface area contributed by atoms with Crippen LogP contribution in [0.5, 0.6) is 5.75 Å². The number of hydrogen-bond donors (Lipinski definition) is 2. The predicted octanol–water partition coefficient (Wildman–Crippen LogP) is 2.04. The van der Waals surface area contributed by atoms with Gasteiger partial charge < -0.3 is 15.2 Å². The molecule has 0 aromatic heterocycles. The maximum Gasteiger partial charge on any atom is 0.122 e. The molecule has 0 spiro atoms. The van der Waals surface area contributed by atoms with Crippen molar-refractivity contribution in [3.8, 4) is 5.75 Å². The molecule has 0 saturated carbocycles. The molecule has 2 rings (SSSR count). The Kier molecular flexibility index (Phi) is 4.02. The van der Waals surface area contributed by atoms with Gasteiger partial charge in [0.25, 0.3) is 0 Å². The van der Waals surface area contributed by atoms with Crippen LogP contribution in [-0.4, -0.2) is 24.4 Å². The van der Waals surface area contributed by atoms with Crippen LogP contribution in [0.4, 0.5) is 0 Å². The van der Waals surface area contributed by atoms with Crippen molar-refractivity contribution in [3.63, 3.8) is 0 Å². The second-order valence-corrected chi connectivity index (χ2v) is 4.68. The first-order chi connectivity index (χ1) is 8.20. The summed E-state index contributed by atoms with van der Waals surface area (Å²) in [4.78, 5) is 0. The smallest absolute Gasteiger partial charge is 0.122 e. The third-order valence-electron chi connectivity index (χ3n) is 3.18. The van der Waals surface area contributed by atoms with Crippen LogP contribution in [0.25, 0.3) is 0 Å². The lowest BCUT2D eigenvalue weighted by molar-refractivity contribution is 0.185. The summed E-state index contributed by atoms with van der Waals surface area (Å²) in [5.41, 5.74) is 2.59. The van der Waals surface area contributed by atoms with Gasteiger partial charge in [-0.3, -0.25) is 0 Å². The van der Waals surface area contributed by atoms with Crippen molar-refractivity contribution in [3.05, 3.63) is 29.3 Å². The van der Waals surface area contributed by atoms with Crippen LogP contribution in [0.3, 0.4) is 0 Å². The van der Waals surface area contributed by atoms with Gasteiger partial charge in [-0.25, -0.2) is 0 Å². The first kappa shape index (κ1) is 12.4. The highest BCUT2D eigenvalue weighted by Crippen LogP contribution is 2.28. The molecule has 0 aliphatic carbocycles. The molecular formula is C14H21NO2. The number of rotatable bonds is 5. The molecule has 1 aliphatic rings. The van der Waals surface area contributed by atoms with Crippen molar-refractivity contribution in [2.45, 2.75) is 38.8 Å². The Morgan fingerprint density at radius 3 is 3.00 bits per heavy atom. The summed E-state index contributed by atoms with van der Waals surface area (Å²) in [6.45, 7) is 5.39. The third-order valence-corrected chi connectivity index (χ3v) is 3.18. The summed E-state index contributed by atoms with van der Waals surface area (Å²) < 4.78 is 5.50. The van der Waals surface area contributed by atoms with Crippen LogP contribution >= 0.6 is 0 Å². The zero-order valence-corrected chi connectivity index (χ0v) is 10.6. The van der Waals surface area contributed by atoms with E-state index in [1.807, 2.05) is 0 Å². The number of nitrogens with one attached hydrogen (secondary N) is 1. The van der Waals surface area contributed by atoms with E-state index in [4.69, 9.17) is 4.74 Å². The summed E-state index contributed by atoms with van der Waals surface area (Å²) in [5.74, 6) is 1.03. The molecule has 1 aromatic carbocycles. The van der Waals surface area contributed by atoms with E-state index in [-0.39, 0.29) is 6.10 Å². The average molecular weight is 235 g/mol. The van der Waals surface area contributed by atoms with E-state index in [9.17, 15) is 5.11 Å². The van der Waals surface area contributed by atoms with Crippen molar-refractivity contribution < 1.29 is 9.84 Å². The predicted molar refractivity (Wildman–Crippen MR) is 68.4 cm³/mol. The first-order valence-electron chi connectivity index (χ1n) is 6.37. The van der Waals surface area contributed by atoms with Gasteiger partial charge >= 0.3 is 0 Å². The van der Waals surface area contributed by atoms with Crippen LogP contribution in [-0.2, 0) is 6.42 Å². The highest BCUT2D eigenvalue weighted by Gasteiger charge is 2.15. The van der Waals surface area contributed by atoms with Crippen molar-refractivity contribution in [1.82, 2.24) is 5.32 Å². The minimum atomic E-state index is -0.304. The second-order valence-electron chi connectivity index (χ2n) is 4.68. The van der Waals surface area contributed by atoms with Crippen molar-refractivity contribution >= 4 is 0 Å². The molecule has 0 amide bonds. The molecule has 1 heterocycles. The number of ether oxygens (including phenoxy) is 1. The van der Waals surface area contributed by atoms with Gasteiger partial charge in [0.15, 0.2) is 0 Å². The van der Waals surface area contributed by atoms with Gasteiger partial charge in [0.1, 0.15) is 5.75 Å². The minimum absolute atomic E-state index is 0.304. The monoisotopic (exact) mass is 235 g/mol. The molecule has 0 bridgehead atoms. The Balaban J connectivity index is 2.08. The fourth-order valence-electron chi connectivity index (χ4n) is 2.23. The second kappa shape index (κ2) is 5.52. The topological polar surface area (TPSA) is 41.5 Å². The Labute approximate surface area is 103 Å². The van der Waals surface area contributed by atoms with E-state index >= 15 is 0 Å². The Bertz CT molecular complexity index is 376. The number of benzene rings is 1. The summed E-state index contributed by atoms with van der Waals surface area (Å²) in [7, 11) is 0. The van der Waals surface area contributed by atoms with E-state index in [1.54, 1.807) is 6.92 Å². The average Bonchev–Trinajstić information content (AvgIpc) is 2.76. The molecule has 3 nitrogen and oxygen atoms in total. The molecule has 0 saturated heterocycles. The molecule has 1 aromatic rings. The summed E-state index contributed by atoms with van der Waals surface area (Å²) in [6, 6.07) is 6.72. The summed E-state index contributed by atoms with van der Waals surface area (Å²) in [6.07, 6.45) is 1.73. The van der Waals surface area contributed by atoms with Crippen LogP contribution in [0.2, 0.25) is 0 Å². The fraction of sp³-hybridized carbons (Fsp3) is 0.571. The van der Waals surface area contributed by atoms with Crippen LogP contribution < -0.4 is 10.1 Å². The third kappa shape index (κ3) is 2.99. The van der Waals surface area contributed by atoms with Gasteiger partial charge in [0.2, 0.25) is 0 Å². The van der Waals surface area contributed by atoms with Crippen molar-refractivity contribution in [2.24, 2.45) is 0 Å². The molecule has 94 valence electrons. The number of hydrogen-bond acceptors (Lipinski definition) is 3. The van der Waals surface area contributed by atoms with Gasteiger partial charge in [0.05, 0.1) is 12.7 Å². The molecule has 0 radical (unpaired) electrons. The van der Waals surface area contributed by atoms with Crippen molar-refractivity contribution in [2.75, 3.05) is 13.2 Å². The maximum absolute atomic E-state index is 9.32. The molecule has 2 unspecified atom stereocenters. The number of aliphatic hydroxyl groups excluding tert-OH is 1. The van der Waals surface area contributed by atoms with E-state index in [1.165, 1.54) is 11.1 Å². The van der Waals surface area contributed by atoms with E-state index in [0.29, 0.717) is 12.6 Å². The SMILES string of the molecule is CCC(NCC(C)O)c1ccc2c(c1)CCO2. The Morgan fingerprint density at radius 2 is 2.29 bits per heavy atom. The number of fused-ring (bicyclic) bond motifs is 1. The molecule has 0 fully saturated rings. The molecule has 3 heteroatoms. The van der Waals surface area contributed by atoms with Crippen molar-refractivity contribution in [1.29, 1.82) is 0 Å². The van der Waals surface area contributed by atoms with E-state index in [2.05, 4.69) is 30.4 Å². The van der Waals surface area contributed by atoms with Crippen LogP contribution in [0, 0.1) is 0 Å². The highest BCUT2D eigenvalue weighted by molar-refractivity contribution is 5.40. The first-order valence-corrected chi connectivity index (χ1v) is 6.37. The lowest BCUT2D eigenvalue weighted by atomic mass is 10.0. The lowest BCUT2D eigenvalue weighted by Crippen LogP contribution is -2.28. The minimum Gasteiger partial charge on any atom is -0.493 e. The normalized spacial score (nSPS) is 17.4. The van der Waals surface area contributed by atoms with Gasteiger partial charge in [-0.05, 0) is 30.5 Å². The van der Waals surface area contributed by atoms with E-state index < -0.39 is 0 Å². The zero-order valence-electron chi connectivity index (χ0n) is 10.6.